The van der Waals surface area contributed by atoms with Gasteiger partial charge in [0.05, 0.1) is 0 Å². The largest absolute Gasteiger partial charge is 0.363 e. The van der Waals surface area contributed by atoms with Gasteiger partial charge < -0.3 is 15.5 Å². The SMILES string of the molecule is Cc1cc(N(C)C)nc(N[C@H]2CC[C@@H](C(=O)NCc3ccc(Cl)cc3Cl)CC2)n1. The lowest BCUT2D eigenvalue weighted by Crippen LogP contribution is -2.36. The molecule has 1 saturated carbocycles. The summed E-state index contributed by atoms with van der Waals surface area (Å²) in [5.41, 5.74) is 1.80. The minimum Gasteiger partial charge on any atom is -0.363 e. The minimum absolute atomic E-state index is 0.0230. The van der Waals surface area contributed by atoms with E-state index in [1.165, 1.54) is 0 Å². The number of aryl methyl sites for hydroxylation is 1. The third-order valence-electron chi connectivity index (χ3n) is 5.20. The fourth-order valence-electron chi connectivity index (χ4n) is 3.52. The van der Waals surface area contributed by atoms with Crippen LogP contribution < -0.4 is 15.5 Å². The van der Waals surface area contributed by atoms with Crippen molar-refractivity contribution in [2.24, 2.45) is 5.92 Å². The van der Waals surface area contributed by atoms with Gasteiger partial charge in [-0.2, -0.15) is 4.98 Å². The van der Waals surface area contributed by atoms with Gasteiger partial charge in [-0.15, -0.1) is 0 Å². The molecule has 8 heteroatoms. The summed E-state index contributed by atoms with van der Waals surface area (Å²) >= 11 is 12.1. The fraction of sp³-hybridized carbons (Fsp3) is 0.476. The maximum absolute atomic E-state index is 12.5. The predicted molar refractivity (Wildman–Crippen MR) is 119 cm³/mol. The van der Waals surface area contributed by atoms with Crippen LogP contribution in [0.2, 0.25) is 10.0 Å². The molecule has 1 aliphatic rings. The molecule has 156 valence electrons. The van der Waals surface area contributed by atoms with E-state index in [-0.39, 0.29) is 17.9 Å². The van der Waals surface area contributed by atoms with Crippen molar-refractivity contribution in [3.63, 3.8) is 0 Å². The van der Waals surface area contributed by atoms with Gasteiger partial charge in [0, 0.05) is 54.4 Å². The summed E-state index contributed by atoms with van der Waals surface area (Å²) in [6, 6.07) is 7.55. The van der Waals surface area contributed by atoms with Crippen LogP contribution in [-0.4, -0.2) is 36.0 Å². The number of nitrogens with zero attached hydrogens (tertiary/aromatic N) is 3. The average Bonchev–Trinajstić information content (AvgIpc) is 2.67. The van der Waals surface area contributed by atoms with Crippen LogP contribution in [0.1, 0.15) is 36.9 Å². The van der Waals surface area contributed by atoms with Crippen LogP contribution >= 0.6 is 23.2 Å². The molecule has 2 N–H and O–H groups in total. The van der Waals surface area contributed by atoms with Gasteiger partial charge in [-0.3, -0.25) is 4.79 Å². The van der Waals surface area contributed by atoms with Crippen molar-refractivity contribution in [1.82, 2.24) is 15.3 Å². The molecular formula is C21H27Cl2N5O. The van der Waals surface area contributed by atoms with E-state index in [9.17, 15) is 4.79 Å². The Balaban J connectivity index is 1.49. The van der Waals surface area contributed by atoms with Crippen molar-refractivity contribution in [1.29, 1.82) is 0 Å². The number of benzene rings is 1. The number of halogens is 2. The highest BCUT2D eigenvalue weighted by Gasteiger charge is 2.26. The van der Waals surface area contributed by atoms with Crippen molar-refractivity contribution in [2.45, 2.75) is 45.2 Å². The highest BCUT2D eigenvalue weighted by atomic mass is 35.5. The lowest BCUT2D eigenvalue weighted by atomic mass is 9.85. The Kier molecular flexibility index (Phi) is 7.19. The Morgan fingerprint density at radius 3 is 2.52 bits per heavy atom. The van der Waals surface area contributed by atoms with Gasteiger partial charge in [0.1, 0.15) is 5.82 Å². The number of hydrogen-bond acceptors (Lipinski definition) is 5. The first-order valence-corrected chi connectivity index (χ1v) is 10.6. The molecule has 0 spiro atoms. The molecule has 0 radical (unpaired) electrons. The van der Waals surface area contributed by atoms with Gasteiger partial charge in [0.25, 0.3) is 0 Å². The molecule has 29 heavy (non-hydrogen) atoms. The lowest BCUT2D eigenvalue weighted by Gasteiger charge is -2.28. The summed E-state index contributed by atoms with van der Waals surface area (Å²) in [5, 5.41) is 7.60. The summed E-state index contributed by atoms with van der Waals surface area (Å²) < 4.78 is 0. The smallest absolute Gasteiger partial charge is 0.225 e. The topological polar surface area (TPSA) is 70.2 Å². The third kappa shape index (κ3) is 5.97. The number of amides is 1. The molecule has 1 aromatic heterocycles. The average molecular weight is 436 g/mol. The second-order valence-corrected chi connectivity index (χ2v) is 8.58. The highest BCUT2D eigenvalue weighted by molar-refractivity contribution is 6.35. The van der Waals surface area contributed by atoms with Crippen molar-refractivity contribution in [2.75, 3.05) is 24.3 Å². The van der Waals surface area contributed by atoms with E-state index in [0.717, 1.165) is 42.8 Å². The second kappa shape index (κ2) is 9.63. The molecule has 2 aromatic rings. The fourth-order valence-corrected chi connectivity index (χ4v) is 4.00. The van der Waals surface area contributed by atoms with Gasteiger partial charge in [-0.25, -0.2) is 4.98 Å². The van der Waals surface area contributed by atoms with Crippen LogP contribution in [-0.2, 0) is 11.3 Å². The molecule has 1 aliphatic carbocycles. The first-order chi connectivity index (χ1) is 13.8. The molecule has 0 bridgehead atoms. The van der Waals surface area contributed by atoms with Crippen molar-refractivity contribution in [3.05, 3.63) is 45.6 Å². The van der Waals surface area contributed by atoms with Crippen LogP contribution in [0.15, 0.2) is 24.3 Å². The van der Waals surface area contributed by atoms with Gasteiger partial charge in [0.15, 0.2) is 0 Å². The third-order valence-corrected chi connectivity index (χ3v) is 5.79. The molecule has 0 atom stereocenters. The second-order valence-electron chi connectivity index (χ2n) is 7.73. The number of aromatic nitrogens is 2. The van der Waals surface area contributed by atoms with Crippen molar-refractivity contribution >= 4 is 40.9 Å². The molecule has 1 fully saturated rings. The maximum Gasteiger partial charge on any atom is 0.225 e. The molecule has 0 aliphatic heterocycles. The zero-order valence-corrected chi connectivity index (χ0v) is 18.5. The maximum atomic E-state index is 12.5. The van der Waals surface area contributed by atoms with E-state index < -0.39 is 0 Å². The summed E-state index contributed by atoms with van der Waals surface area (Å²) in [5.74, 6) is 1.64. The molecule has 1 heterocycles. The molecular weight excluding hydrogens is 409 g/mol. The molecule has 0 unspecified atom stereocenters. The Morgan fingerprint density at radius 1 is 1.14 bits per heavy atom. The minimum atomic E-state index is 0.0230. The van der Waals surface area contributed by atoms with Crippen molar-refractivity contribution < 1.29 is 4.79 Å². The first kappa shape index (κ1) is 21.7. The van der Waals surface area contributed by atoms with E-state index in [0.29, 0.717) is 22.5 Å². The van der Waals surface area contributed by atoms with E-state index in [1.54, 1.807) is 12.1 Å². The van der Waals surface area contributed by atoms with E-state index in [1.807, 2.05) is 38.1 Å². The van der Waals surface area contributed by atoms with Gasteiger partial charge >= 0.3 is 0 Å². The molecule has 3 rings (SSSR count). The van der Waals surface area contributed by atoms with Crippen LogP contribution in [0, 0.1) is 12.8 Å². The predicted octanol–water partition coefficient (Wildman–Crippen LogP) is 4.44. The summed E-state index contributed by atoms with van der Waals surface area (Å²) in [4.78, 5) is 23.6. The quantitative estimate of drug-likeness (QED) is 0.701. The molecule has 0 saturated heterocycles. The Hall–Kier alpha value is -2.05. The summed E-state index contributed by atoms with van der Waals surface area (Å²) in [6.45, 7) is 2.38. The first-order valence-electron chi connectivity index (χ1n) is 9.83. The number of anilines is 2. The van der Waals surface area contributed by atoms with Gasteiger partial charge in [0.2, 0.25) is 11.9 Å². The normalized spacial score (nSPS) is 18.9. The molecule has 6 nitrogen and oxygen atoms in total. The monoisotopic (exact) mass is 435 g/mol. The van der Waals surface area contributed by atoms with Crippen LogP contribution in [0.5, 0.6) is 0 Å². The number of nitrogens with one attached hydrogen (secondary N) is 2. The summed E-state index contributed by atoms with van der Waals surface area (Å²) in [6.07, 6.45) is 3.50. The van der Waals surface area contributed by atoms with Crippen LogP contribution in [0.25, 0.3) is 0 Å². The highest BCUT2D eigenvalue weighted by Crippen LogP contribution is 2.27. The zero-order chi connectivity index (χ0) is 21.0. The number of rotatable bonds is 6. The number of carbonyl (C=O) groups is 1. The van der Waals surface area contributed by atoms with E-state index >= 15 is 0 Å². The van der Waals surface area contributed by atoms with Gasteiger partial charge in [-0.1, -0.05) is 29.3 Å². The summed E-state index contributed by atoms with van der Waals surface area (Å²) in [7, 11) is 3.93. The van der Waals surface area contributed by atoms with Crippen molar-refractivity contribution in [3.8, 4) is 0 Å². The lowest BCUT2D eigenvalue weighted by molar-refractivity contribution is -0.126. The van der Waals surface area contributed by atoms with Gasteiger partial charge in [-0.05, 0) is 50.3 Å². The zero-order valence-electron chi connectivity index (χ0n) is 17.0. The Morgan fingerprint density at radius 2 is 1.86 bits per heavy atom. The number of carbonyl (C=O) groups excluding carboxylic acids is 1. The number of hydrogen-bond donors (Lipinski definition) is 2. The standard InChI is InChI=1S/C21H27Cl2N5O/c1-13-10-19(28(2)3)27-21(25-13)26-17-8-5-14(6-9-17)20(29)24-12-15-4-7-16(22)11-18(15)23/h4,7,10-11,14,17H,5-6,8-9,12H2,1-3H3,(H,24,29)(H,25,26,27)/t14-,17+. The Labute approximate surface area is 182 Å². The van der Waals surface area contributed by atoms with Crippen LogP contribution in [0.4, 0.5) is 11.8 Å². The van der Waals surface area contributed by atoms with E-state index in [4.69, 9.17) is 23.2 Å². The van der Waals surface area contributed by atoms with E-state index in [2.05, 4.69) is 20.6 Å². The van der Waals surface area contributed by atoms with Crippen LogP contribution in [0.3, 0.4) is 0 Å². The molecule has 1 amide bonds. The molecule has 1 aromatic carbocycles. The Bertz CT molecular complexity index is 866.